The van der Waals surface area contributed by atoms with E-state index in [2.05, 4.69) is 5.32 Å². The second-order valence-electron chi connectivity index (χ2n) is 4.57. The zero-order valence-electron chi connectivity index (χ0n) is 11.8. The van der Waals surface area contributed by atoms with Crippen molar-refractivity contribution in [3.05, 3.63) is 47.2 Å². The summed E-state index contributed by atoms with van der Waals surface area (Å²) in [6, 6.07) is 8.69. The number of benzene rings is 1. The summed E-state index contributed by atoms with van der Waals surface area (Å²) in [5, 5.41) is 2.83. The lowest BCUT2D eigenvalue weighted by Gasteiger charge is -2.33. The van der Waals surface area contributed by atoms with Crippen molar-refractivity contribution in [1.29, 1.82) is 0 Å². The van der Waals surface area contributed by atoms with Gasteiger partial charge in [-0.3, -0.25) is 0 Å². The van der Waals surface area contributed by atoms with Gasteiger partial charge in [-0.25, -0.2) is 9.59 Å². The van der Waals surface area contributed by atoms with Gasteiger partial charge in [0.15, 0.2) is 0 Å². The van der Waals surface area contributed by atoms with Gasteiger partial charge in [-0.15, -0.1) is 0 Å². The number of carbonyl (C=O) groups excluding carboxylic acids is 2. The molecule has 0 spiro atoms. The number of amides is 2. The molecule has 0 saturated carbocycles. The summed E-state index contributed by atoms with van der Waals surface area (Å²) in [5.74, 6) is -0.397. The van der Waals surface area contributed by atoms with Crippen molar-refractivity contribution in [2.24, 2.45) is 0 Å². The number of esters is 1. The molecule has 0 bridgehead atoms. The molecular weight excluding hydrogens is 256 g/mol. The lowest BCUT2D eigenvalue weighted by Crippen LogP contribution is -2.46. The molecule has 0 radical (unpaired) electrons. The van der Waals surface area contributed by atoms with Crippen LogP contribution in [0.4, 0.5) is 4.79 Å². The Morgan fingerprint density at radius 1 is 1.35 bits per heavy atom. The molecule has 1 aliphatic heterocycles. The van der Waals surface area contributed by atoms with Crippen LogP contribution in [0, 0.1) is 0 Å². The first kappa shape index (κ1) is 14.1. The Hall–Kier alpha value is -2.30. The van der Waals surface area contributed by atoms with E-state index in [1.165, 1.54) is 4.90 Å². The molecule has 0 fully saturated rings. The maximum absolute atomic E-state index is 12.2. The summed E-state index contributed by atoms with van der Waals surface area (Å²) >= 11 is 0. The molecule has 0 aromatic heterocycles. The average Bonchev–Trinajstić information content (AvgIpc) is 2.45. The Morgan fingerprint density at radius 3 is 2.60 bits per heavy atom. The predicted octanol–water partition coefficient (Wildman–Crippen LogP) is 2.22. The fourth-order valence-corrected chi connectivity index (χ4v) is 2.20. The van der Waals surface area contributed by atoms with Crippen molar-refractivity contribution in [2.45, 2.75) is 19.9 Å². The van der Waals surface area contributed by atoms with Crippen molar-refractivity contribution in [3.63, 3.8) is 0 Å². The van der Waals surface area contributed by atoms with Gasteiger partial charge in [0.2, 0.25) is 0 Å². The Kier molecular flexibility index (Phi) is 4.08. The highest BCUT2D eigenvalue weighted by molar-refractivity contribution is 5.94. The maximum Gasteiger partial charge on any atom is 0.338 e. The normalized spacial score (nSPS) is 18.9. The fourth-order valence-electron chi connectivity index (χ4n) is 2.20. The fraction of sp³-hybridized carbons (Fsp3) is 0.333. The van der Waals surface area contributed by atoms with Crippen LogP contribution in [0.1, 0.15) is 25.5 Å². The first-order chi connectivity index (χ1) is 9.56. The number of hydrogen-bond acceptors (Lipinski definition) is 3. The van der Waals surface area contributed by atoms with Gasteiger partial charge in [-0.05, 0) is 19.4 Å². The van der Waals surface area contributed by atoms with Gasteiger partial charge in [0, 0.05) is 12.7 Å². The monoisotopic (exact) mass is 274 g/mol. The van der Waals surface area contributed by atoms with E-state index in [-0.39, 0.29) is 6.03 Å². The molecule has 1 unspecified atom stereocenters. The maximum atomic E-state index is 12.2. The van der Waals surface area contributed by atoms with Crippen LogP contribution in [0.15, 0.2) is 41.6 Å². The van der Waals surface area contributed by atoms with Gasteiger partial charge in [0.25, 0.3) is 0 Å². The third-order valence-electron chi connectivity index (χ3n) is 3.38. The standard InChI is InChI=1S/C15H18N2O3/c1-4-20-14(18)12-10(2)17(3)15(19)16-13(12)11-8-6-5-7-9-11/h5-9,13H,4H2,1-3H3,(H,16,19). The SMILES string of the molecule is CCOC(=O)C1=C(C)N(C)C(=O)NC1c1ccccc1. The van der Waals surface area contributed by atoms with Gasteiger partial charge in [-0.2, -0.15) is 0 Å². The minimum atomic E-state index is -0.473. The number of nitrogens with one attached hydrogen (secondary N) is 1. The smallest absolute Gasteiger partial charge is 0.338 e. The van der Waals surface area contributed by atoms with E-state index in [1.54, 1.807) is 20.9 Å². The molecule has 106 valence electrons. The van der Waals surface area contributed by atoms with Gasteiger partial charge in [0.05, 0.1) is 18.2 Å². The summed E-state index contributed by atoms with van der Waals surface area (Å²) in [5.41, 5.74) is 1.94. The molecule has 1 aromatic carbocycles. The van der Waals surface area contributed by atoms with Gasteiger partial charge in [0.1, 0.15) is 0 Å². The summed E-state index contributed by atoms with van der Waals surface area (Å²) in [7, 11) is 1.63. The molecule has 5 heteroatoms. The summed E-state index contributed by atoms with van der Waals surface area (Å²) in [4.78, 5) is 25.6. The number of allylic oxidation sites excluding steroid dienone is 1. The lowest BCUT2D eigenvalue weighted by atomic mass is 9.95. The molecule has 5 nitrogen and oxygen atoms in total. The summed E-state index contributed by atoms with van der Waals surface area (Å²) < 4.78 is 5.11. The molecule has 1 aliphatic rings. The van der Waals surface area contributed by atoms with Crippen molar-refractivity contribution >= 4 is 12.0 Å². The largest absolute Gasteiger partial charge is 0.463 e. The topological polar surface area (TPSA) is 58.6 Å². The molecule has 0 aliphatic carbocycles. The van der Waals surface area contributed by atoms with Crippen molar-refractivity contribution in [2.75, 3.05) is 13.7 Å². The second kappa shape index (κ2) is 5.77. The van der Waals surface area contributed by atoms with E-state index in [1.807, 2.05) is 30.3 Å². The molecule has 1 aromatic rings. The molecule has 1 atom stereocenters. The number of hydrogen-bond donors (Lipinski definition) is 1. The third kappa shape index (κ3) is 2.52. The lowest BCUT2D eigenvalue weighted by molar-refractivity contribution is -0.139. The van der Waals surface area contributed by atoms with Crippen LogP contribution in [0.2, 0.25) is 0 Å². The Bertz CT molecular complexity index is 551. The average molecular weight is 274 g/mol. The number of urea groups is 1. The van der Waals surface area contributed by atoms with Crippen molar-refractivity contribution in [3.8, 4) is 0 Å². The van der Waals surface area contributed by atoms with E-state index in [0.717, 1.165) is 5.56 Å². The van der Waals surface area contributed by atoms with Crippen LogP contribution >= 0.6 is 0 Å². The quantitative estimate of drug-likeness (QED) is 0.860. The molecule has 0 saturated heterocycles. The van der Waals surface area contributed by atoms with E-state index in [4.69, 9.17) is 4.74 Å². The van der Waals surface area contributed by atoms with E-state index in [0.29, 0.717) is 17.9 Å². The van der Waals surface area contributed by atoms with Crippen molar-refractivity contribution in [1.82, 2.24) is 10.2 Å². The van der Waals surface area contributed by atoms with E-state index < -0.39 is 12.0 Å². The molecule has 1 heterocycles. The van der Waals surface area contributed by atoms with E-state index in [9.17, 15) is 9.59 Å². The predicted molar refractivity (Wildman–Crippen MR) is 74.8 cm³/mol. The minimum Gasteiger partial charge on any atom is -0.463 e. The second-order valence-corrected chi connectivity index (χ2v) is 4.57. The van der Waals surface area contributed by atoms with Crippen LogP contribution in [0.5, 0.6) is 0 Å². The number of ether oxygens (including phenoxy) is 1. The van der Waals surface area contributed by atoms with E-state index >= 15 is 0 Å². The van der Waals surface area contributed by atoms with Crippen LogP contribution in [0.3, 0.4) is 0 Å². The molecule has 2 amide bonds. The highest BCUT2D eigenvalue weighted by Crippen LogP contribution is 2.30. The summed E-state index contributed by atoms with van der Waals surface area (Å²) in [6.07, 6.45) is 0. The highest BCUT2D eigenvalue weighted by atomic mass is 16.5. The first-order valence-corrected chi connectivity index (χ1v) is 6.53. The molecular formula is C15H18N2O3. The van der Waals surface area contributed by atoms with Gasteiger partial charge < -0.3 is 15.0 Å². The molecule has 1 N–H and O–H groups in total. The number of carbonyl (C=O) groups is 2. The Balaban J connectivity index is 2.48. The van der Waals surface area contributed by atoms with Gasteiger partial charge >= 0.3 is 12.0 Å². The van der Waals surface area contributed by atoms with Crippen LogP contribution in [-0.2, 0) is 9.53 Å². The zero-order chi connectivity index (χ0) is 14.7. The van der Waals surface area contributed by atoms with Gasteiger partial charge in [-0.1, -0.05) is 30.3 Å². The highest BCUT2D eigenvalue weighted by Gasteiger charge is 2.34. The first-order valence-electron chi connectivity index (χ1n) is 6.53. The van der Waals surface area contributed by atoms with Crippen LogP contribution < -0.4 is 5.32 Å². The minimum absolute atomic E-state index is 0.232. The zero-order valence-corrected chi connectivity index (χ0v) is 11.8. The third-order valence-corrected chi connectivity index (χ3v) is 3.38. The summed E-state index contributed by atoms with van der Waals surface area (Å²) in [6.45, 7) is 3.81. The van der Waals surface area contributed by atoms with Crippen LogP contribution in [0.25, 0.3) is 0 Å². The molecule has 2 rings (SSSR count). The number of nitrogens with zero attached hydrogens (tertiary/aromatic N) is 1. The van der Waals surface area contributed by atoms with Crippen molar-refractivity contribution < 1.29 is 14.3 Å². The number of rotatable bonds is 3. The Labute approximate surface area is 118 Å². The van der Waals surface area contributed by atoms with Crippen LogP contribution in [-0.4, -0.2) is 30.6 Å². The molecule has 20 heavy (non-hydrogen) atoms. The Morgan fingerprint density at radius 2 is 2.00 bits per heavy atom.